The lowest BCUT2D eigenvalue weighted by molar-refractivity contribution is 0.646. The Bertz CT molecular complexity index is 1630. The first-order valence-corrected chi connectivity index (χ1v) is 13.0. The van der Waals surface area contributed by atoms with Crippen LogP contribution in [0.25, 0.3) is 38.8 Å². The molecule has 0 N–H and O–H groups in total. The van der Waals surface area contributed by atoms with E-state index < -0.39 is 0 Å². The van der Waals surface area contributed by atoms with Crippen molar-refractivity contribution in [1.29, 1.82) is 0 Å². The molecule has 2 aromatic carbocycles. The number of rotatable bonds is 5. The van der Waals surface area contributed by atoms with Gasteiger partial charge in [0.1, 0.15) is 5.52 Å². The third kappa shape index (κ3) is 3.40. The maximum Gasteiger partial charge on any atom is 0.281 e. The number of benzene rings is 2. The summed E-state index contributed by atoms with van der Waals surface area (Å²) in [5.41, 5.74) is 6.50. The highest BCUT2D eigenvalue weighted by Crippen LogP contribution is 2.41. The second-order valence-corrected chi connectivity index (χ2v) is 11.0. The summed E-state index contributed by atoms with van der Waals surface area (Å²) in [6.45, 7) is 0.944. The fourth-order valence-electron chi connectivity index (χ4n) is 4.99. The first-order valence-electron chi connectivity index (χ1n) is 11.9. The van der Waals surface area contributed by atoms with Crippen molar-refractivity contribution in [2.75, 3.05) is 0 Å². The standard InChI is InChI=1S/C27H24IN5O/c1-31-14-20-12-21(10-11-23(20)29-31)33-27(34)24(19-8-6-18(7-9-19)17-4-5-17)26-25(30-33)22(28)15-32(26)13-16-2-3-16/h6-12,14-17H,2-5,13H2,1H3. The van der Waals surface area contributed by atoms with Gasteiger partial charge in [0.15, 0.2) is 0 Å². The van der Waals surface area contributed by atoms with Crippen LogP contribution < -0.4 is 5.56 Å². The molecule has 0 bridgehead atoms. The minimum atomic E-state index is -0.0820. The van der Waals surface area contributed by atoms with Gasteiger partial charge in [-0.1, -0.05) is 24.3 Å². The molecular formula is C27H24IN5O. The molecule has 0 unspecified atom stereocenters. The third-order valence-electron chi connectivity index (χ3n) is 7.10. The highest BCUT2D eigenvalue weighted by molar-refractivity contribution is 14.1. The largest absolute Gasteiger partial charge is 0.344 e. The van der Waals surface area contributed by atoms with E-state index in [0.29, 0.717) is 11.8 Å². The zero-order chi connectivity index (χ0) is 23.0. The second kappa shape index (κ2) is 7.53. The van der Waals surface area contributed by atoms with E-state index in [1.807, 2.05) is 31.4 Å². The Hall–Kier alpha value is -2.94. The molecule has 0 atom stereocenters. The summed E-state index contributed by atoms with van der Waals surface area (Å²) in [4.78, 5) is 14.1. The summed E-state index contributed by atoms with van der Waals surface area (Å²) in [6.07, 6.45) is 9.19. The lowest BCUT2D eigenvalue weighted by atomic mass is 10.0. The Balaban J connectivity index is 1.48. The van der Waals surface area contributed by atoms with Crippen molar-refractivity contribution < 1.29 is 0 Å². The highest BCUT2D eigenvalue weighted by atomic mass is 127. The van der Waals surface area contributed by atoms with Gasteiger partial charge in [0, 0.05) is 31.4 Å². The van der Waals surface area contributed by atoms with Crippen molar-refractivity contribution in [3.8, 4) is 16.8 Å². The third-order valence-corrected chi connectivity index (χ3v) is 7.89. The van der Waals surface area contributed by atoms with Gasteiger partial charge in [-0.15, -0.1) is 0 Å². The molecule has 7 rings (SSSR count). The van der Waals surface area contributed by atoms with Gasteiger partial charge in [0.2, 0.25) is 0 Å². The Morgan fingerprint density at radius 2 is 1.79 bits per heavy atom. The second-order valence-electron chi connectivity index (χ2n) is 9.80. The number of fused-ring (bicyclic) bond motifs is 2. The maximum absolute atomic E-state index is 14.1. The average molecular weight is 561 g/mol. The topological polar surface area (TPSA) is 57.6 Å². The molecule has 7 heteroatoms. The van der Waals surface area contributed by atoms with Crippen LogP contribution in [-0.2, 0) is 13.6 Å². The van der Waals surface area contributed by atoms with Crippen LogP contribution in [0.2, 0.25) is 0 Å². The fourth-order valence-corrected chi connectivity index (χ4v) is 5.69. The van der Waals surface area contributed by atoms with Gasteiger partial charge in [-0.2, -0.15) is 14.9 Å². The van der Waals surface area contributed by atoms with E-state index in [4.69, 9.17) is 5.10 Å². The lowest BCUT2D eigenvalue weighted by Gasteiger charge is -2.13. The predicted molar refractivity (Wildman–Crippen MR) is 142 cm³/mol. The summed E-state index contributed by atoms with van der Waals surface area (Å²) in [5, 5.41) is 10.4. The van der Waals surface area contributed by atoms with Gasteiger partial charge < -0.3 is 4.57 Å². The van der Waals surface area contributed by atoms with E-state index >= 15 is 0 Å². The molecule has 2 saturated carbocycles. The molecule has 2 aliphatic rings. The Kier molecular flexibility index (Phi) is 4.53. The summed E-state index contributed by atoms with van der Waals surface area (Å²) >= 11 is 2.36. The molecule has 0 amide bonds. The van der Waals surface area contributed by atoms with E-state index in [1.54, 1.807) is 9.36 Å². The normalized spacial score (nSPS) is 16.1. The van der Waals surface area contributed by atoms with Gasteiger partial charge in [-0.3, -0.25) is 9.48 Å². The molecule has 170 valence electrons. The molecule has 5 aromatic rings. The number of aromatic nitrogens is 5. The molecule has 34 heavy (non-hydrogen) atoms. The molecule has 3 aromatic heterocycles. The van der Waals surface area contributed by atoms with Crippen molar-refractivity contribution in [3.05, 3.63) is 74.3 Å². The van der Waals surface area contributed by atoms with Crippen LogP contribution in [0.15, 0.2) is 59.7 Å². The van der Waals surface area contributed by atoms with E-state index in [2.05, 4.69) is 62.7 Å². The van der Waals surface area contributed by atoms with Crippen LogP contribution in [0.3, 0.4) is 0 Å². The maximum atomic E-state index is 14.1. The summed E-state index contributed by atoms with van der Waals surface area (Å²) in [7, 11) is 1.91. The van der Waals surface area contributed by atoms with Crippen LogP contribution in [0.5, 0.6) is 0 Å². The number of hydrogen-bond acceptors (Lipinski definition) is 3. The minimum Gasteiger partial charge on any atom is -0.344 e. The zero-order valence-corrected chi connectivity index (χ0v) is 21.1. The van der Waals surface area contributed by atoms with Crippen LogP contribution in [-0.4, -0.2) is 24.1 Å². The molecule has 2 aliphatic carbocycles. The van der Waals surface area contributed by atoms with E-state index in [-0.39, 0.29) is 5.56 Å². The predicted octanol–water partition coefficient (Wildman–Crippen LogP) is 5.63. The van der Waals surface area contributed by atoms with Gasteiger partial charge in [0.05, 0.1) is 25.9 Å². The van der Waals surface area contributed by atoms with Crippen LogP contribution in [0, 0.1) is 9.49 Å². The van der Waals surface area contributed by atoms with Gasteiger partial charge >= 0.3 is 0 Å². The lowest BCUT2D eigenvalue weighted by Crippen LogP contribution is -2.24. The van der Waals surface area contributed by atoms with Crippen molar-refractivity contribution in [2.45, 2.75) is 38.1 Å². The highest BCUT2D eigenvalue weighted by Gasteiger charge is 2.27. The van der Waals surface area contributed by atoms with Crippen LogP contribution in [0.4, 0.5) is 0 Å². The van der Waals surface area contributed by atoms with Crippen molar-refractivity contribution >= 4 is 44.5 Å². The Labute approximate surface area is 210 Å². The van der Waals surface area contributed by atoms with Gasteiger partial charge in [-0.05, 0) is 89.4 Å². The first kappa shape index (κ1) is 20.4. The molecule has 3 heterocycles. The molecule has 0 aliphatic heterocycles. The van der Waals surface area contributed by atoms with Crippen LogP contribution >= 0.6 is 22.6 Å². The van der Waals surface area contributed by atoms with Crippen molar-refractivity contribution in [2.24, 2.45) is 13.0 Å². The van der Waals surface area contributed by atoms with Gasteiger partial charge in [0.25, 0.3) is 5.56 Å². The number of hydrogen-bond donors (Lipinski definition) is 0. The number of nitrogens with zero attached hydrogens (tertiary/aromatic N) is 5. The first-order chi connectivity index (χ1) is 16.5. The summed E-state index contributed by atoms with van der Waals surface area (Å²) in [6, 6.07) is 14.5. The van der Waals surface area contributed by atoms with E-state index in [0.717, 1.165) is 48.9 Å². The van der Waals surface area contributed by atoms with Gasteiger partial charge in [-0.25, -0.2) is 0 Å². The molecule has 6 nitrogen and oxygen atoms in total. The minimum absolute atomic E-state index is 0.0820. The van der Waals surface area contributed by atoms with Crippen molar-refractivity contribution in [1.82, 2.24) is 24.1 Å². The molecular weight excluding hydrogens is 537 g/mol. The number of halogens is 1. The van der Waals surface area contributed by atoms with E-state index in [1.165, 1.54) is 31.2 Å². The van der Waals surface area contributed by atoms with Crippen molar-refractivity contribution in [3.63, 3.8) is 0 Å². The molecule has 2 fully saturated rings. The fraction of sp³-hybridized carbons (Fsp3) is 0.296. The summed E-state index contributed by atoms with van der Waals surface area (Å²) < 4.78 is 6.70. The molecule has 0 radical (unpaired) electrons. The quantitative estimate of drug-likeness (QED) is 0.262. The Morgan fingerprint density at radius 3 is 2.53 bits per heavy atom. The SMILES string of the molecule is Cn1cc2cc(-n3nc4c(I)cn(CC5CC5)c4c(-c4ccc(C5CC5)cc4)c3=O)ccc2n1. The van der Waals surface area contributed by atoms with E-state index in [9.17, 15) is 4.79 Å². The Morgan fingerprint density at radius 1 is 1.00 bits per heavy atom. The van der Waals surface area contributed by atoms with Crippen LogP contribution in [0.1, 0.15) is 37.2 Å². The summed E-state index contributed by atoms with van der Waals surface area (Å²) in [5.74, 6) is 1.39. The zero-order valence-electron chi connectivity index (χ0n) is 18.9. The monoisotopic (exact) mass is 561 g/mol. The molecule has 0 saturated heterocycles. The molecule has 0 spiro atoms. The number of aryl methyl sites for hydroxylation is 1. The average Bonchev–Trinajstić information content (AvgIpc) is 3.75. The smallest absolute Gasteiger partial charge is 0.281 e.